The van der Waals surface area contributed by atoms with Crippen LogP contribution in [0, 0.1) is 0 Å². The molecule has 0 bridgehead atoms. The normalized spacial score (nSPS) is 14.6. The summed E-state index contributed by atoms with van der Waals surface area (Å²) in [6, 6.07) is 0. The Morgan fingerprint density at radius 2 is 1.76 bits per heavy atom. The largest absolute Gasteiger partial charge is 0.460 e. The number of hydrogen-bond acceptors (Lipinski definition) is 7. The lowest BCUT2D eigenvalue weighted by Gasteiger charge is -2.19. The van der Waals surface area contributed by atoms with Crippen LogP contribution in [-0.4, -0.2) is 59.5 Å². The lowest BCUT2D eigenvalue weighted by molar-refractivity contribution is -0.153. The lowest BCUT2D eigenvalue weighted by atomic mass is 10.2. The van der Waals surface area contributed by atoms with E-state index in [0.29, 0.717) is 6.29 Å². The summed E-state index contributed by atoms with van der Waals surface area (Å²) in [6.07, 6.45) is 1.99. The number of ether oxygens (including phenoxy) is 1. The molecule has 1 saturated heterocycles. The second kappa shape index (κ2) is 11.1. The van der Waals surface area contributed by atoms with Gasteiger partial charge in [0, 0.05) is 25.8 Å². The summed E-state index contributed by atoms with van der Waals surface area (Å²) in [4.78, 5) is 70.7. The Bertz CT molecular complexity index is 691. The molecule has 1 rings (SSSR count). The molecule has 0 aromatic rings. The lowest BCUT2D eigenvalue weighted by Crippen LogP contribution is -2.36. The Hall–Kier alpha value is -3.04. The summed E-state index contributed by atoms with van der Waals surface area (Å²) in [5.74, 6) is -2.36. The van der Waals surface area contributed by atoms with E-state index in [2.05, 4.69) is 10.6 Å². The van der Waals surface area contributed by atoms with Gasteiger partial charge in [-0.05, 0) is 33.3 Å². The predicted octanol–water partition coefficient (Wildman–Crippen LogP) is -0.0374. The van der Waals surface area contributed by atoms with Crippen molar-refractivity contribution >= 4 is 35.9 Å². The first-order chi connectivity index (χ1) is 13.5. The quantitative estimate of drug-likeness (QED) is 0.223. The van der Waals surface area contributed by atoms with Crippen LogP contribution >= 0.6 is 0 Å². The van der Waals surface area contributed by atoms with Gasteiger partial charge >= 0.3 is 5.97 Å². The first kappa shape index (κ1) is 24.0. The third-order valence-electron chi connectivity index (χ3n) is 3.70. The molecule has 10 nitrogen and oxygen atoms in total. The monoisotopic (exact) mass is 409 g/mol. The van der Waals surface area contributed by atoms with Gasteiger partial charge < -0.3 is 20.2 Å². The van der Waals surface area contributed by atoms with Crippen molar-refractivity contribution in [3.8, 4) is 0 Å². The average molecular weight is 409 g/mol. The minimum absolute atomic E-state index is 0.0399. The number of amides is 4. The van der Waals surface area contributed by atoms with Crippen molar-refractivity contribution in [2.45, 2.75) is 58.5 Å². The molecule has 0 aliphatic carbocycles. The van der Waals surface area contributed by atoms with Gasteiger partial charge in [-0.3, -0.25) is 28.9 Å². The SMILES string of the molecule is CC(C)(C)OC(=O)C/C=C(/NC(=O)CCCN1C(=O)CCC1=O)C(=O)NCC=O. The Morgan fingerprint density at radius 3 is 2.31 bits per heavy atom. The molecule has 0 spiro atoms. The fourth-order valence-corrected chi connectivity index (χ4v) is 2.48. The number of rotatable bonds is 10. The van der Waals surface area contributed by atoms with Crippen LogP contribution in [0.1, 0.15) is 52.9 Å². The van der Waals surface area contributed by atoms with E-state index < -0.39 is 23.4 Å². The fourth-order valence-electron chi connectivity index (χ4n) is 2.48. The highest BCUT2D eigenvalue weighted by molar-refractivity contribution is 6.02. The van der Waals surface area contributed by atoms with Crippen LogP contribution in [0.3, 0.4) is 0 Å². The number of carbonyl (C=O) groups is 6. The molecular weight excluding hydrogens is 382 g/mol. The third-order valence-corrected chi connectivity index (χ3v) is 3.70. The highest BCUT2D eigenvalue weighted by atomic mass is 16.6. The molecule has 0 aromatic carbocycles. The maximum atomic E-state index is 12.1. The van der Waals surface area contributed by atoms with Crippen LogP contribution in [-0.2, 0) is 33.5 Å². The van der Waals surface area contributed by atoms with Crippen molar-refractivity contribution in [2.75, 3.05) is 13.1 Å². The number of esters is 1. The van der Waals surface area contributed by atoms with Gasteiger partial charge in [0.15, 0.2) is 0 Å². The topological polar surface area (TPSA) is 139 Å². The van der Waals surface area contributed by atoms with Crippen molar-refractivity contribution in [1.82, 2.24) is 15.5 Å². The van der Waals surface area contributed by atoms with Crippen molar-refractivity contribution < 1.29 is 33.5 Å². The number of aldehydes is 1. The summed E-state index contributed by atoms with van der Waals surface area (Å²) in [5, 5.41) is 4.67. The van der Waals surface area contributed by atoms with Crippen LogP contribution in [0.25, 0.3) is 0 Å². The predicted molar refractivity (Wildman–Crippen MR) is 101 cm³/mol. The molecule has 0 aromatic heterocycles. The van der Waals surface area contributed by atoms with Gasteiger partial charge in [-0.25, -0.2) is 0 Å². The van der Waals surface area contributed by atoms with Crippen LogP contribution in [0.2, 0.25) is 0 Å². The van der Waals surface area contributed by atoms with E-state index in [1.54, 1.807) is 20.8 Å². The van der Waals surface area contributed by atoms with Gasteiger partial charge in [0.1, 0.15) is 17.6 Å². The molecular formula is C19H27N3O7. The van der Waals surface area contributed by atoms with Crippen molar-refractivity contribution in [3.05, 3.63) is 11.8 Å². The van der Waals surface area contributed by atoms with Crippen molar-refractivity contribution in [3.63, 3.8) is 0 Å². The molecule has 1 heterocycles. The summed E-state index contributed by atoms with van der Waals surface area (Å²) < 4.78 is 5.14. The molecule has 29 heavy (non-hydrogen) atoms. The maximum absolute atomic E-state index is 12.1. The van der Waals surface area contributed by atoms with E-state index in [4.69, 9.17) is 4.74 Å². The summed E-state index contributed by atoms with van der Waals surface area (Å²) in [5.41, 5.74) is -0.880. The summed E-state index contributed by atoms with van der Waals surface area (Å²) in [6.45, 7) is 4.97. The molecule has 0 atom stereocenters. The van der Waals surface area contributed by atoms with Crippen LogP contribution in [0.4, 0.5) is 0 Å². The first-order valence-corrected chi connectivity index (χ1v) is 9.30. The Balaban J connectivity index is 2.63. The van der Waals surface area contributed by atoms with Crippen LogP contribution < -0.4 is 10.6 Å². The minimum atomic E-state index is -0.723. The van der Waals surface area contributed by atoms with Gasteiger partial charge in [0.25, 0.3) is 5.91 Å². The molecule has 4 amide bonds. The third kappa shape index (κ3) is 9.13. The fraction of sp³-hybridized carbons (Fsp3) is 0.579. The van der Waals surface area contributed by atoms with E-state index >= 15 is 0 Å². The summed E-state index contributed by atoms with van der Waals surface area (Å²) in [7, 11) is 0. The molecule has 160 valence electrons. The second-order valence-corrected chi connectivity index (χ2v) is 7.38. The van der Waals surface area contributed by atoms with Gasteiger partial charge in [-0.15, -0.1) is 0 Å². The van der Waals surface area contributed by atoms with E-state index in [-0.39, 0.29) is 62.7 Å². The summed E-state index contributed by atoms with van der Waals surface area (Å²) >= 11 is 0. The minimum Gasteiger partial charge on any atom is -0.460 e. The Labute approximate surface area is 169 Å². The smallest absolute Gasteiger partial charge is 0.310 e. The number of imide groups is 1. The molecule has 0 saturated carbocycles. The first-order valence-electron chi connectivity index (χ1n) is 9.30. The average Bonchev–Trinajstić information content (AvgIpc) is 2.93. The zero-order valence-electron chi connectivity index (χ0n) is 16.9. The molecule has 1 aliphatic rings. The zero-order valence-corrected chi connectivity index (χ0v) is 16.9. The van der Waals surface area contributed by atoms with Gasteiger partial charge in [0.05, 0.1) is 13.0 Å². The molecule has 0 radical (unpaired) electrons. The number of carbonyl (C=O) groups excluding carboxylic acids is 6. The molecule has 1 fully saturated rings. The van der Waals surface area contributed by atoms with E-state index in [9.17, 15) is 28.8 Å². The van der Waals surface area contributed by atoms with E-state index in [1.165, 1.54) is 6.08 Å². The zero-order chi connectivity index (χ0) is 22.0. The van der Waals surface area contributed by atoms with Gasteiger partial charge in [0.2, 0.25) is 17.7 Å². The van der Waals surface area contributed by atoms with Crippen molar-refractivity contribution in [2.24, 2.45) is 0 Å². The Morgan fingerprint density at radius 1 is 1.14 bits per heavy atom. The number of hydrogen-bond donors (Lipinski definition) is 2. The van der Waals surface area contributed by atoms with E-state index in [0.717, 1.165) is 4.90 Å². The Kier molecular flexibility index (Phi) is 9.17. The number of nitrogens with zero attached hydrogens (tertiary/aromatic N) is 1. The second-order valence-electron chi connectivity index (χ2n) is 7.38. The standard InChI is InChI=1S/C19H27N3O7/c1-19(2,3)29-17(27)9-6-13(18(28)20-10-12-23)21-14(24)5-4-11-22-15(25)7-8-16(22)26/h6,12H,4-5,7-11H2,1-3H3,(H,20,28)(H,21,24)/b13-6+. The molecule has 2 N–H and O–H groups in total. The van der Waals surface area contributed by atoms with Crippen LogP contribution in [0.15, 0.2) is 11.8 Å². The molecule has 0 unspecified atom stereocenters. The van der Waals surface area contributed by atoms with Gasteiger partial charge in [-0.2, -0.15) is 0 Å². The maximum Gasteiger partial charge on any atom is 0.310 e. The van der Waals surface area contributed by atoms with Crippen molar-refractivity contribution in [1.29, 1.82) is 0 Å². The highest BCUT2D eigenvalue weighted by Crippen LogP contribution is 2.12. The number of nitrogens with one attached hydrogen (secondary N) is 2. The molecule has 1 aliphatic heterocycles. The highest BCUT2D eigenvalue weighted by Gasteiger charge is 2.28. The molecule has 10 heteroatoms. The van der Waals surface area contributed by atoms with Gasteiger partial charge in [-0.1, -0.05) is 0 Å². The van der Waals surface area contributed by atoms with Crippen LogP contribution in [0.5, 0.6) is 0 Å². The number of likely N-dealkylation sites (tertiary alicyclic amines) is 1. The van der Waals surface area contributed by atoms with E-state index in [1.807, 2.05) is 0 Å².